The molecule has 1 N–H and O–H groups in total. The van der Waals surface area contributed by atoms with Crippen LogP contribution in [0.4, 0.5) is 4.39 Å². The summed E-state index contributed by atoms with van der Waals surface area (Å²) < 4.78 is 15.0. The fourth-order valence-corrected chi connectivity index (χ4v) is 4.48. The lowest BCUT2D eigenvalue weighted by atomic mass is 9.89. The monoisotopic (exact) mass is 414 g/mol. The van der Waals surface area contributed by atoms with Crippen LogP contribution in [-0.4, -0.2) is 10.1 Å². The van der Waals surface area contributed by atoms with Crippen LogP contribution in [-0.2, 0) is 0 Å². The molecule has 0 aliphatic heterocycles. The predicted octanol–water partition coefficient (Wildman–Crippen LogP) is 5.13. The molecule has 5 nitrogen and oxygen atoms in total. The van der Waals surface area contributed by atoms with Gasteiger partial charge in [-0.05, 0) is 29.3 Å². The van der Waals surface area contributed by atoms with Gasteiger partial charge in [0.15, 0.2) is 0 Å². The maximum Gasteiger partial charge on any atom is 0.138 e. The van der Waals surface area contributed by atoms with E-state index >= 15 is 4.39 Å². The average Bonchev–Trinajstić information content (AvgIpc) is 3.29. The Morgan fingerprint density at radius 2 is 1.59 bits per heavy atom. The smallest absolute Gasteiger partial charge is 0.138 e. The molecule has 2 aromatic carbocycles. The van der Waals surface area contributed by atoms with Gasteiger partial charge in [0.25, 0.3) is 0 Å². The van der Waals surface area contributed by atoms with Gasteiger partial charge in [-0.1, -0.05) is 30.3 Å². The average molecular weight is 414 g/mol. The maximum atomic E-state index is 15.0. The summed E-state index contributed by atoms with van der Waals surface area (Å²) >= 11 is 0. The molecule has 0 amide bonds. The van der Waals surface area contributed by atoms with Crippen molar-refractivity contribution in [2.24, 2.45) is 0 Å². The fraction of sp³-hybridized carbons (Fsp3) is 0. The molecule has 1 heterocycles. The Kier molecular flexibility index (Phi) is 4.19. The summed E-state index contributed by atoms with van der Waals surface area (Å²) in [6, 6.07) is 18.8. The molecule has 0 saturated heterocycles. The quantitative estimate of drug-likeness (QED) is 0.402. The Bertz CT molecular complexity index is 1560. The summed E-state index contributed by atoms with van der Waals surface area (Å²) in [7, 11) is 0. The van der Waals surface area contributed by atoms with Crippen LogP contribution in [0.2, 0.25) is 0 Å². The van der Waals surface area contributed by atoms with Gasteiger partial charge >= 0.3 is 0 Å². The van der Waals surface area contributed by atoms with Crippen LogP contribution < -0.4 is 0 Å². The number of hydrogen-bond donors (Lipinski definition) is 1. The number of aromatic nitrogens is 1. The summed E-state index contributed by atoms with van der Waals surface area (Å²) in [4.78, 5) is 4.43. The second-order valence-electron chi connectivity index (χ2n) is 7.17. The van der Waals surface area contributed by atoms with Gasteiger partial charge in [-0.15, -0.1) is 0 Å². The number of nitriles is 3. The summed E-state index contributed by atoms with van der Waals surface area (Å²) in [6.45, 7) is 0. The Morgan fingerprint density at radius 1 is 0.875 bits per heavy atom. The molecule has 6 heteroatoms. The topological polar surface area (TPSA) is 104 Å². The third-order valence-electron chi connectivity index (χ3n) is 5.63. The van der Waals surface area contributed by atoms with Gasteiger partial charge in [0.05, 0.1) is 17.3 Å². The van der Waals surface area contributed by atoms with Crippen LogP contribution in [0.25, 0.3) is 28.0 Å². The zero-order chi connectivity index (χ0) is 22.4. The van der Waals surface area contributed by atoms with E-state index in [-0.39, 0.29) is 28.0 Å². The molecule has 3 aromatic rings. The van der Waals surface area contributed by atoms with Crippen LogP contribution in [0.1, 0.15) is 22.3 Å². The van der Waals surface area contributed by atoms with Crippen molar-refractivity contribution in [2.45, 2.75) is 0 Å². The summed E-state index contributed by atoms with van der Waals surface area (Å²) in [5.41, 5.74) is 4.16. The molecule has 2 aliphatic rings. The number of aromatic hydroxyl groups is 1. The number of rotatable bonds is 0. The molecule has 0 spiro atoms. The number of nitrogens with zero attached hydrogens (tertiary/aromatic N) is 4. The Morgan fingerprint density at radius 3 is 2.34 bits per heavy atom. The molecule has 0 fully saturated rings. The Hall–Kier alpha value is -4.99. The molecule has 0 bridgehead atoms. The highest BCUT2D eigenvalue weighted by molar-refractivity contribution is 6.20. The molecule has 0 radical (unpaired) electrons. The SMILES string of the molecule is N#C/C=C1/C(=C2\c3cccnc3-c3c(O)cccc32)C(=C(C#N)C#N)c2cccc(F)c21. The number of allylic oxidation sites excluding steroid dienone is 5. The first-order chi connectivity index (χ1) is 15.6. The molecule has 0 atom stereocenters. The van der Waals surface area contributed by atoms with E-state index in [1.807, 2.05) is 24.3 Å². The highest BCUT2D eigenvalue weighted by atomic mass is 19.1. The Balaban J connectivity index is 2.05. The van der Waals surface area contributed by atoms with Crippen molar-refractivity contribution in [2.75, 3.05) is 0 Å². The van der Waals surface area contributed by atoms with Crippen molar-refractivity contribution in [1.82, 2.24) is 4.98 Å². The van der Waals surface area contributed by atoms with Crippen LogP contribution >= 0.6 is 0 Å². The van der Waals surface area contributed by atoms with Gasteiger partial charge < -0.3 is 5.11 Å². The molecule has 5 rings (SSSR count). The van der Waals surface area contributed by atoms with E-state index < -0.39 is 5.82 Å². The zero-order valence-corrected chi connectivity index (χ0v) is 16.4. The second kappa shape index (κ2) is 7.06. The van der Waals surface area contributed by atoms with Gasteiger partial charge in [0.1, 0.15) is 29.3 Å². The van der Waals surface area contributed by atoms with E-state index in [1.165, 1.54) is 18.2 Å². The molecular formula is C26H11FN4O. The van der Waals surface area contributed by atoms with Crippen molar-refractivity contribution in [3.8, 4) is 35.2 Å². The van der Waals surface area contributed by atoms with Gasteiger partial charge in [-0.3, -0.25) is 4.98 Å². The van der Waals surface area contributed by atoms with E-state index in [0.29, 0.717) is 39.1 Å². The summed E-state index contributed by atoms with van der Waals surface area (Å²) in [6.07, 6.45) is 2.82. The second-order valence-corrected chi connectivity index (χ2v) is 7.17. The number of phenols is 1. The summed E-state index contributed by atoms with van der Waals surface area (Å²) in [5, 5.41) is 39.5. The molecule has 0 saturated carbocycles. The lowest BCUT2D eigenvalue weighted by Gasteiger charge is -2.12. The molecule has 32 heavy (non-hydrogen) atoms. The van der Waals surface area contributed by atoms with Gasteiger partial charge in [0, 0.05) is 45.7 Å². The van der Waals surface area contributed by atoms with Crippen LogP contribution in [0.5, 0.6) is 5.75 Å². The molecule has 148 valence electrons. The third-order valence-corrected chi connectivity index (χ3v) is 5.63. The van der Waals surface area contributed by atoms with Crippen molar-refractivity contribution >= 4 is 16.7 Å². The van der Waals surface area contributed by atoms with Crippen LogP contribution in [0.15, 0.2) is 72.0 Å². The van der Waals surface area contributed by atoms with Crippen molar-refractivity contribution in [3.05, 3.63) is 100 Å². The van der Waals surface area contributed by atoms with Crippen molar-refractivity contribution in [1.29, 1.82) is 15.8 Å². The number of pyridine rings is 1. The van der Waals surface area contributed by atoms with E-state index in [9.17, 15) is 20.9 Å². The zero-order valence-electron chi connectivity index (χ0n) is 16.4. The van der Waals surface area contributed by atoms with Gasteiger partial charge in [0.2, 0.25) is 0 Å². The highest BCUT2D eigenvalue weighted by Crippen LogP contribution is 2.56. The van der Waals surface area contributed by atoms with E-state index in [2.05, 4.69) is 4.98 Å². The first-order valence-corrected chi connectivity index (χ1v) is 9.59. The van der Waals surface area contributed by atoms with Crippen LogP contribution in [0.3, 0.4) is 0 Å². The van der Waals surface area contributed by atoms with E-state index in [4.69, 9.17) is 0 Å². The lowest BCUT2D eigenvalue weighted by molar-refractivity contribution is 0.477. The highest BCUT2D eigenvalue weighted by Gasteiger charge is 2.38. The maximum absolute atomic E-state index is 15.0. The van der Waals surface area contributed by atoms with Gasteiger partial charge in [-0.25, -0.2) is 4.39 Å². The molecule has 1 aromatic heterocycles. The minimum atomic E-state index is -0.562. The number of halogens is 1. The number of hydrogen-bond acceptors (Lipinski definition) is 5. The Labute approximate surface area is 182 Å². The van der Waals surface area contributed by atoms with Crippen molar-refractivity contribution in [3.63, 3.8) is 0 Å². The summed E-state index contributed by atoms with van der Waals surface area (Å²) in [5.74, 6) is -0.537. The number of phenolic OH excluding ortho intramolecular Hbond substituents is 1. The van der Waals surface area contributed by atoms with E-state index in [1.54, 1.807) is 36.5 Å². The first kappa shape index (κ1) is 19.0. The van der Waals surface area contributed by atoms with Crippen LogP contribution in [0, 0.1) is 39.8 Å². The van der Waals surface area contributed by atoms with Gasteiger partial charge in [-0.2, -0.15) is 15.8 Å². The normalized spacial score (nSPS) is 16.6. The molecular weight excluding hydrogens is 403 g/mol. The van der Waals surface area contributed by atoms with E-state index in [0.717, 1.165) is 0 Å². The lowest BCUT2D eigenvalue weighted by Crippen LogP contribution is -1.94. The third kappa shape index (κ3) is 2.43. The largest absolute Gasteiger partial charge is 0.507 e. The fourth-order valence-electron chi connectivity index (χ4n) is 4.48. The number of benzene rings is 2. The minimum absolute atomic E-state index is 0.0249. The first-order valence-electron chi connectivity index (χ1n) is 9.59. The standard InChI is InChI=1S/C26H11FN4O/c27-19-7-1-4-15-21(14(12-29)13-30)25(17(9-10-28)22(15)19)23-16-5-2-8-20(32)24(16)26-18(23)6-3-11-31-26/h1-9,11,32H/b17-9+,25-23+. The predicted molar refractivity (Wildman–Crippen MR) is 115 cm³/mol. The minimum Gasteiger partial charge on any atom is -0.507 e. The molecule has 0 unspecified atom stereocenters. The van der Waals surface area contributed by atoms with Crippen molar-refractivity contribution < 1.29 is 9.50 Å². The molecule has 2 aliphatic carbocycles. The number of fused-ring (bicyclic) bond motifs is 4.